The molecule has 0 bridgehead atoms. The van der Waals surface area contributed by atoms with Crippen molar-refractivity contribution in [1.82, 2.24) is 9.55 Å². The molecule has 1 aromatic heterocycles. The van der Waals surface area contributed by atoms with Crippen molar-refractivity contribution in [2.75, 3.05) is 13.7 Å². The van der Waals surface area contributed by atoms with E-state index in [1.807, 2.05) is 29.0 Å². The number of aliphatic hydroxyl groups excluding tert-OH is 1. The van der Waals surface area contributed by atoms with Crippen molar-refractivity contribution >= 4 is 0 Å². The molecule has 96 valence electrons. The van der Waals surface area contributed by atoms with Gasteiger partial charge in [0.2, 0.25) is 0 Å². The summed E-state index contributed by atoms with van der Waals surface area (Å²) in [6.07, 6.45) is 5.37. The maximum absolute atomic E-state index is 9.09. The maximum atomic E-state index is 9.09. The number of ether oxygens (including phenoxy) is 1. The number of hydrogen-bond acceptors (Lipinski definition) is 4. The van der Waals surface area contributed by atoms with Gasteiger partial charge in [0.15, 0.2) is 0 Å². The highest BCUT2D eigenvalue weighted by atomic mass is 16.5. The van der Waals surface area contributed by atoms with Crippen LogP contribution in [0.3, 0.4) is 0 Å². The summed E-state index contributed by atoms with van der Waals surface area (Å²) in [6, 6.07) is 5.34. The lowest BCUT2D eigenvalue weighted by molar-refractivity contribution is 0.268. The van der Waals surface area contributed by atoms with Gasteiger partial charge in [-0.2, -0.15) is 0 Å². The summed E-state index contributed by atoms with van der Waals surface area (Å²) < 4.78 is 7.28. The van der Waals surface area contributed by atoms with Gasteiger partial charge in [0.1, 0.15) is 5.75 Å². The molecule has 5 nitrogen and oxygen atoms in total. The maximum Gasteiger partial charge on any atom is 0.123 e. The van der Waals surface area contributed by atoms with Crippen LogP contribution >= 0.6 is 0 Å². The Hall–Kier alpha value is -1.85. The lowest BCUT2D eigenvalue weighted by Gasteiger charge is -2.14. The Morgan fingerprint density at radius 3 is 2.94 bits per heavy atom. The van der Waals surface area contributed by atoms with E-state index in [2.05, 4.69) is 4.98 Å². The van der Waals surface area contributed by atoms with E-state index < -0.39 is 0 Å². The summed E-state index contributed by atoms with van der Waals surface area (Å²) in [6.45, 7) is 0.589. The lowest BCUT2D eigenvalue weighted by atomic mass is 10.0. The molecule has 2 aromatic rings. The van der Waals surface area contributed by atoms with Crippen LogP contribution in [0, 0.1) is 0 Å². The van der Waals surface area contributed by atoms with Crippen LogP contribution in [0.1, 0.15) is 17.2 Å². The summed E-state index contributed by atoms with van der Waals surface area (Å²) >= 11 is 0. The van der Waals surface area contributed by atoms with Crippen LogP contribution in [0.5, 0.6) is 5.75 Å². The second-order valence-corrected chi connectivity index (χ2v) is 4.10. The van der Waals surface area contributed by atoms with Gasteiger partial charge in [-0.25, -0.2) is 4.98 Å². The van der Waals surface area contributed by atoms with Crippen molar-refractivity contribution in [2.45, 2.75) is 12.6 Å². The molecule has 18 heavy (non-hydrogen) atoms. The minimum Gasteiger partial charge on any atom is -0.496 e. The third-order valence-electron chi connectivity index (χ3n) is 2.84. The summed E-state index contributed by atoms with van der Waals surface area (Å²) in [5, 5.41) is 9.09. The molecule has 0 spiro atoms. The Balaban J connectivity index is 2.30. The smallest absolute Gasteiger partial charge is 0.123 e. The second kappa shape index (κ2) is 5.66. The van der Waals surface area contributed by atoms with E-state index in [0.29, 0.717) is 6.54 Å². The number of rotatable bonds is 5. The first-order chi connectivity index (χ1) is 8.74. The SMILES string of the molecule is COc1ccc([C@H](N)CO)cc1Cn1ccnc1. The molecule has 0 amide bonds. The summed E-state index contributed by atoms with van der Waals surface area (Å²) in [4.78, 5) is 4.00. The van der Waals surface area contributed by atoms with E-state index >= 15 is 0 Å². The third kappa shape index (κ3) is 2.69. The van der Waals surface area contributed by atoms with Gasteiger partial charge in [-0.1, -0.05) is 6.07 Å². The Morgan fingerprint density at radius 2 is 2.33 bits per heavy atom. The van der Waals surface area contributed by atoms with E-state index in [1.54, 1.807) is 19.6 Å². The number of aromatic nitrogens is 2. The Kier molecular flexibility index (Phi) is 3.96. The lowest BCUT2D eigenvalue weighted by Crippen LogP contribution is -2.15. The zero-order chi connectivity index (χ0) is 13.0. The van der Waals surface area contributed by atoms with Crippen LogP contribution in [0.25, 0.3) is 0 Å². The highest BCUT2D eigenvalue weighted by Crippen LogP contribution is 2.23. The van der Waals surface area contributed by atoms with E-state index in [4.69, 9.17) is 15.6 Å². The Labute approximate surface area is 106 Å². The highest BCUT2D eigenvalue weighted by molar-refractivity contribution is 5.38. The molecule has 0 unspecified atom stereocenters. The largest absolute Gasteiger partial charge is 0.496 e. The van der Waals surface area contributed by atoms with E-state index in [0.717, 1.165) is 16.9 Å². The quantitative estimate of drug-likeness (QED) is 0.824. The van der Waals surface area contributed by atoms with Crippen LogP contribution in [0.2, 0.25) is 0 Å². The van der Waals surface area contributed by atoms with Gasteiger partial charge in [-0.3, -0.25) is 0 Å². The van der Waals surface area contributed by atoms with Gasteiger partial charge in [0.25, 0.3) is 0 Å². The van der Waals surface area contributed by atoms with E-state index in [-0.39, 0.29) is 12.6 Å². The molecule has 3 N–H and O–H groups in total. The van der Waals surface area contributed by atoms with Crippen molar-refractivity contribution in [3.8, 4) is 5.75 Å². The van der Waals surface area contributed by atoms with Gasteiger partial charge in [-0.05, 0) is 17.7 Å². The van der Waals surface area contributed by atoms with Crippen molar-refractivity contribution < 1.29 is 9.84 Å². The molecule has 1 heterocycles. The molecule has 2 rings (SSSR count). The van der Waals surface area contributed by atoms with E-state index in [1.165, 1.54) is 0 Å². The van der Waals surface area contributed by atoms with Gasteiger partial charge in [-0.15, -0.1) is 0 Å². The summed E-state index contributed by atoms with van der Waals surface area (Å²) in [5.74, 6) is 0.803. The van der Waals surface area contributed by atoms with Crippen LogP contribution in [-0.2, 0) is 6.54 Å². The Bertz CT molecular complexity index is 497. The molecular weight excluding hydrogens is 230 g/mol. The number of nitrogens with two attached hydrogens (primary N) is 1. The Morgan fingerprint density at radius 1 is 1.50 bits per heavy atom. The molecular formula is C13H17N3O2. The molecule has 0 fully saturated rings. The minimum atomic E-state index is -0.363. The fraction of sp³-hybridized carbons (Fsp3) is 0.308. The monoisotopic (exact) mass is 247 g/mol. The number of benzene rings is 1. The first-order valence-corrected chi connectivity index (χ1v) is 5.73. The zero-order valence-corrected chi connectivity index (χ0v) is 10.3. The minimum absolute atomic E-state index is 0.0726. The molecule has 1 atom stereocenters. The average molecular weight is 247 g/mol. The predicted octanol–water partition coefficient (Wildman–Crippen LogP) is 0.932. The number of aliphatic hydroxyl groups is 1. The molecule has 0 saturated carbocycles. The standard InChI is InChI=1S/C13H17N3O2/c1-18-13-3-2-10(12(14)8-17)6-11(13)7-16-5-4-15-9-16/h2-6,9,12,17H,7-8,14H2,1H3/t12-/m1/s1. The molecule has 0 saturated heterocycles. The third-order valence-corrected chi connectivity index (χ3v) is 2.84. The fourth-order valence-corrected chi connectivity index (χ4v) is 1.84. The highest BCUT2D eigenvalue weighted by Gasteiger charge is 2.09. The van der Waals surface area contributed by atoms with Gasteiger partial charge in [0, 0.05) is 18.0 Å². The molecule has 0 aliphatic heterocycles. The van der Waals surface area contributed by atoms with Crippen molar-refractivity contribution in [2.24, 2.45) is 5.73 Å². The summed E-state index contributed by atoms with van der Waals surface area (Å²) in [7, 11) is 1.64. The number of imidazole rings is 1. The summed E-state index contributed by atoms with van der Waals surface area (Å²) in [5.41, 5.74) is 7.73. The van der Waals surface area contributed by atoms with Gasteiger partial charge in [0.05, 0.1) is 32.6 Å². The van der Waals surface area contributed by atoms with Crippen molar-refractivity contribution in [3.63, 3.8) is 0 Å². The molecule has 0 aliphatic carbocycles. The van der Waals surface area contributed by atoms with Gasteiger partial charge < -0.3 is 20.1 Å². The normalized spacial score (nSPS) is 12.4. The average Bonchev–Trinajstić information content (AvgIpc) is 2.90. The predicted molar refractivity (Wildman–Crippen MR) is 68.3 cm³/mol. The van der Waals surface area contributed by atoms with Crippen LogP contribution < -0.4 is 10.5 Å². The number of nitrogens with zero attached hydrogens (tertiary/aromatic N) is 2. The van der Waals surface area contributed by atoms with Gasteiger partial charge >= 0.3 is 0 Å². The van der Waals surface area contributed by atoms with Crippen molar-refractivity contribution in [3.05, 3.63) is 48.0 Å². The van der Waals surface area contributed by atoms with Crippen molar-refractivity contribution in [1.29, 1.82) is 0 Å². The molecule has 0 radical (unpaired) electrons. The first-order valence-electron chi connectivity index (χ1n) is 5.73. The number of methoxy groups -OCH3 is 1. The zero-order valence-electron chi connectivity index (χ0n) is 10.3. The second-order valence-electron chi connectivity index (χ2n) is 4.10. The topological polar surface area (TPSA) is 73.3 Å². The number of hydrogen-bond donors (Lipinski definition) is 2. The van der Waals surface area contributed by atoms with Crippen LogP contribution in [0.4, 0.5) is 0 Å². The van der Waals surface area contributed by atoms with Crippen LogP contribution in [-0.4, -0.2) is 28.4 Å². The van der Waals surface area contributed by atoms with E-state index in [9.17, 15) is 0 Å². The van der Waals surface area contributed by atoms with Crippen LogP contribution in [0.15, 0.2) is 36.9 Å². The molecule has 1 aromatic carbocycles. The molecule has 5 heteroatoms. The fourth-order valence-electron chi connectivity index (χ4n) is 1.84. The molecule has 0 aliphatic rings. The first kappa shape index (κ1) is 12.6.